The first-order valence-electron chi connectivity index (χ1n) is 11.0. The molecule has 3 heterocycles. The maximum Gasteiger partial charge on any atom is 0.265 e. The largest absolute Gasteiger partial charge is 0.383 e. The molecular formula is C25H22ClN3O4S. The molecule has 3 aromatic rings. The summed E-state index contributed by atoms with van der Waals surface area (Å²) in [5, 5.41) is 12.7. The van der Waals surface area contributed by atoms with Gasteiger partial charge in [0.25, 0.3) is 17.7 Å². The van der Waals surface area contributed by atoms with Crippen LogP contribution in [0.3, 0.4) is 0 Å². The summed E-state index contributed by atoms with van der Waals surface area (Å²) in [4.78, 5) is 41.9. The lowest BCUT2D eigenvalue weighted by molar-refractivity contribution is -0.128. The van der Waals surface area contributed by atoms with Crippen molar-refractivity contribution < 1.29 is 19.5 Å². The smallest absolute Gasteiger partial charge is 0.265 e. The summed E-state index contributed by atoms with van der Waals surface area (Å²) < 4.78 is 0.526. The molecule has 1 fully saturated rings. The number of carbonyl (C=O) groups is 3. The molecule has 174 valence electrons. The van der Waals surface area contributed by atoms with Crippen LogP contribution in [0.25, 0.3) is 0 Å². The molecule has 0 saturated carbocycles. The van der Waals surface area contributed by atoms with E-state index in [4.69, 9.17) is 11.6 Å². The molecule has 0 bridgehead atoms. The third-order valence-corrected chi connectivity index (χ3v) is 7.32. The number of halogens is 1. The van der Waals surface area contributed by atoms with Crippen molar-refractivity contribution in [2.75, 3.05) is 16.8 Å². The predicted octanol–water partition coefficient (Wildman–Crippen LogP) is 4.30. The van der Waals surface area contributed by atoms with Crippen LogP contribution in [0.2, 0.25) is 4.34 Å². The van der Waals surface area contributed by atoms with Crippen molar-refractivity contribution in [1.29, 1.82) is 0 Å². The molecule has 1 unspecified atom stereocenters. The Kier molecular flexibility index (Phi) is 6.12. The van der Waals surface area contributed by atoms with Crippen molar-refractivity contribution in [3.8, 4) is 0 Å². The normalized spacial score (nSPS) is 17.8. The number of nitrogens with one attached hydrogen (secondary N) is 1. The zero-order chi connectivity index (χ0) is 23.8. The van der Waals surface area contributed by atoms with Gasteiger partial charge in [0, 0.05) is 25.3 Å². The van der Waals surface area contributed by atoms with Crippen LogP contribution in [0.1, 0.15) is 44.0 Å². The van der Waals surface area contributed by atoms with E-state index in [1.54, 1.807) is 28.0 Å². The fourth-order valence-corrected chi connectivity index (χ4v) is 5.32. The molecular weight excluding hydrogens is 474 g/mol. The first-order chi connectivity index (χ1) is 16.4. The fraction of sp³-hybridized carbons (Fsp3) is 0.240. The number of fused-ring (bicyclic) bond motifs is 1. The van der Waals surface area contributed by atoms with Gasteiger partial charge in [0.2, 0.25) is 0 Å². The molecule has 7 nitrogen and oxygen atoms in total. The van der Waals surface area contributed by atoms with E-state index in [0.29, 0.717) is 46.5 Å². The number of hydrogen-bond acceptors (Lipinski definition) is 5. The highest BCUT2D eigenvalue weighted by molar-refractivity contribution is 7.18. The van der Waals surface area contributed by atoms with E-state index in [1.165, 1.54) is 11.3 Å². The molecule has 2 aliphatic rings. The van der Waals surface area contributed by atoms with Crippen molar-refractivity contribution in [2.24, 2.45) is 0 Å². The number of hydrogen-bond donors (Lipinski definition) is 2. The number of anilines is 2. The zero-order valence-electron chi connectivity index (χ0n) is 18.2. The monoisotopic (exact) mass is 495 g/mol. The molecule has 34 heavy (non-hydrogen) atoms. The van der Waals surface area contributed by atoms with Gasteiger partial charge in [-0.25, -0.2) is 0 Å². The second-order valence-electron chi connectivity index (χ2n) is 8.37. The average Bonchev–Trinajstić information content (AvgIpc) is 3.40. The number of aliphatic hydroxyl groups is 1. The Bertz CT molecular complexity index is 1270. The lowest BCUT2D eigenvalue weighted by atomic mass is 10.1. The maximum absolute atomic E-state index is 13.2. The molecule has 5 rings (SSSR count). The second kappa shape index (κ2) is 9.21. The summed E-state index contributed by atoms with van der Waals surface area (Å²) in [6, 6.07) is 16.2. The highest BCUT2D eigenvalue weighted by Crippen LogP contribution is 2.32. The predicted molar refractivity (Wildman–Crippen MR) is 131 cm³/mol. The van der Waals surface area contributed by atoms with Gasteiger partial charge < -0.3 is 20.2 Å². The van der Waals surface area contributed by atoms with Crippen LogP contribution in [0.5, 0.6) is 0 Å². The number of amides is 3. The standard InChI is InChI=1S/C25H22ClN3O4S/c26-21-11-10-20(34-21)23(31)27-18-4-1-3-16-14-28(25(33)22(16)18)13-15-6-8-17(9-7-15)29-12-2-5-19(30)24(29)32/h1,3-4,6-11,19,30H,2,5,12-14H2,(H,27,31). The topological polar surface area (TPSA) is 90.0 Å². The van der Waals surface area contributed by atoms with Crippen LogP contribution in [-0.2, 0) is 17.9 Å². The van der Waals surface area contributed by atoms with Gasteiger partial charge in [-0.2, -0.15) is 0 Å². The van der Waals surface area contributed by atoms with Crippen molar-refractivity contribution in [3.63, 3.8) is 0 Å². The molecule has 3 amide bonds. The summed E-state index contributed by atoms with van der Waals surface area (Å²) in [7, 11) is 0. The summed E-state index contributed by atoms with van der Waals surface area (Å²) in [6.45, 7) is 1.43. The number of benzene rings is 2. The minimum atomic E-state index is -0.944. The van der Waals surface area contributed by atoms with E-state index in [0.717, 1.165) is 23.2 Å². The number of piperidine rings is 1. The number of nitrogens with zero attached hydrogens (tertiary/aromatic N) is 2. The summed E-state index contributed by atoms with van der Waals surface area (Å²) in [5.41, 5.74) is 3.51. The quantitative estimate of drug-likeness (QED) is 0.552. The lowest BCUT2D eigenvalue weighted by Crippen LogP contribution is -2.44. The molecule has 2 N–H and O–H groups in total. The number of thiophene rings is 1. The van der Waals surface area contributed by atoms with Gasteiger partial charge in [-0.05, 0) is 54.3 Å². The summed E-state index contributed by atoms with van der Waals surface area (Å²) >= 11 is 7.12. The van der Waals surface area contributed by atoms with Crippen molar-refractivity contribution >= 4 is 52.0 Å². The third-order valence-electron chi connectivity index (χ3n) is 6.09. The van der Waals surface area contributed by atoms with E-state index in [-0.39, 0.29) is 17.7 Å². The lowest BCUT2D eigenvalue weighted by Gasteiger charge is -2.30. The van der Waals surface area contributed by atoms with E-state index < -0.39 is 6.10 Å². The number of aliphatic hydroxyl groups excluding tert-OH is 1. The first-order valence-corrected chi connectivity index (χ1v) is 12.2. The highest BCUT2D eigenvalue weighted by Gasteiger charge is 2.31. The van der Waals surface area contributed by atoms with Crippen LogP contribution in [0.15, 0.2) is 54.6 Å². The van der Waals surface area contributed by atoms with Crippen molar-refractivity contribution in [2.45, 2.75) is 32.0 Å². The average molecular weight is 496 g/mol. The van der Waals surface area contributed by atoms with Gasteiger partial charge in [0.15, 0.2) is 0 Å². The Morgan fingerprint density at radius 1 is 1.12 bits per heavy atom. The van der Waals surface area contributed by atoms with Crippen LogP contribution in [-0.4, -0.2) is 40.4 Å². The van der Waals surface area contributed by atoms with Gasteiger partial charge >= 0.3 is 0 Å². The van der Waals surface area contributed by atoms with Crippen LogP contribution < -0.4 is 10.2 Å². The zero-order valence-corrected chi connectivity index (χ0v) is 19.7. The molecule has 0 aliphatic carbocycles. The Balaban J connectivity index is 1.29. The Morgan fingerprint density at radius 2 is 1.91 bits per heavy atom. The van der Waals surface area contributed by atoms with Gasteiger partial charge in [-0.3, -0.25) is 14.4 Å². The first kappa shape index (κ1) is 22.6. The molecule has 2 aliphatic heterocycles. The summed E-state index contributed by atoms with van der Waals surface area (Å²) in [5.74, 6) is -0.721. The SMILES string of the molecule is O=C(Nc1cccc2c1C(=O)N(Cc1ccc(N3CCCC(O)C3=O)cc1)C2)c1ccc(Cl)s1. The van der Waals surface area contributed by atoms with Crippen LogP contribution in [0, 0.1) is 0 Å². The second-order valence-corrected chi connectivity index (χ2v) is 10.1. The third kappa shape index (κ3) is 4.32. The number of carbonyl (C=O) groups excluding carboxylic acids is 3. The highest BCUT2D eigenvalue weighted by atomic mass is 35.5. The van der Waals surface area contributed by atoms with Crippen LogP contribution >= 0.6 is 22.9 Å². The van der Waals surface area contributed by atoms with E-state index >= 15 is 0 Å². The van der Waals surface area contributed by atoms with Gasteiger partial charge in [-0.1, -0.05) is 35.9 Å². The molecule has 0 spiro atoms. The van der Waals surface area contributed by atoms with Crippen molar-refractivity contribution in [3.05, 3.63) is 80.5 Å². The Hall–Kier alpha value is -3.20. The Morgan fingerprint density at radius 3 is 2.65 bits per heavy atom. The molecule has 1 atom stereocenters. The number of rotatable bonds is 5. The minimum Gasteiger partial charge on any atom is -0.383 e. The van der Waals surface area contributed by atoms with E-state index in [2.05, 4.69) is 5.32 Å². The molecule has 9 heteroatoms. The van der Waals surface area contributed by atoms with Gasteiger partial charge in [0.1, 0.15) is 6.10 Å². The fourth-order valence-electron chi connectivity index (χ4n) is 4.39. The van der Waals surface area contributed by atoms with Crippen LogP contribution in [0.4, 0.5) is 11.4 Å². The maximum atomic E-state index is 13.2. The molecule has 2 aromatic carbocycles. The Labute approximate surface area is 205 Å². The summed E-state index contributed by atoms with van der Waals surface area (Å²) in [6.07, 6.45) is 0.308. The van der Waals surface area contributed by atoms with Crippen molar-refractivity contribution in [1.82, 2.24) is 4.90 Å². The van der Waals surface area contributed by atoms with Gasteiger partial charge in [0.05, 0.1) is 20.5 Å². The molecule has 1 aromatic heterocycles. The molecule has 0 radical (unpaired) electrons. The molecule has 1 saturated heterocycles. The van der Waals surface area contributed by atoms with Gasteiger partial charge in [-0.15, -0.1) is 11.3 Å². The van der Waals surface area contributed by atoms with E-state index in [9.17, 15) is 19.5 Å². The van der Waals surface area contributed by atoms with E-state index in [1.807, 2.05) is 36.4 Å². The minimum absolute atomic E-state index is 0.145.